The molecule has 3 saturated carbocycles. The number of hydrogen-bond donors (Lipinski definition) is 3. The molecule has 6 nitrogen and oxygen atoms in total. The number of carbonyl (C=O) groups excluding carboxylic acids is 1. The number of rotatable bonds is 5. The van der Waals surface area contributed by atoms with E-state index in [2.05, 4.69) is 54.2 Å². The van der Waals surface area contributed by atoms with Gasteiger partial charge in [0.2, 0.25) is 0 Å². The Morgan fingerprint density at radius 3 is 2.63 bits per heavy atom. The maximum atomic E-state index is 14.4. The molecule has 8 heteroatoms. The molecule has 202 valence electrons. The summed E-state index contributed by atoms with van der Waals surface area (Å²) in [5.41, 5.74) is -0.949. The van der Waals surface area contributed by atoms with Gasteiger partial charge < -0.3 is 10.2 Å². The Morgan fingerprint density at radius 1 is 1.13 bits per heavy atom. The highest BCUT2D eigenvalue weighted by Gasteiger charge is 2.74. The third-order valence-corrected chi connectivity index (χ3v) is 13.9. The number of aliphatic hydroxyl groups excluding tert-OH is 1. The van der Waals surface area contributed by atoms with Crippen molar-refractivity contribution in [2.75, 3.05) is 5.75 Å². The SMILES string of the molecule is Cc1ccc(C(=O)C2=C[C@@]34C=C[C@@]25[C@@H]2CC[C@@](O)(CSc6ncn[nH]6)[C@@]2(C)CC[C@@H]5[C@@]3(C)CCC(O)C4)s1. The van der Waals surface area contributed by atoms with Gasteiger partial charge in [-0.15, -0.1) is 11.3 Å². The number of fused-ring (bicyclic) bond motifs is 1. The summed E-state index contributed by atoms with van der Waals surface area (Å²) < 4.78 is 0. The zero-order valence-electron chi connectivity index (χ0n) is 22.4. The molecule has 0 amide bonds. The highest BCUT2D eigenvalue weighted by atomic mass is 32.2. The second-order valence-corrected chi connectivity index (χ2v) is 15.4. The van der Waals surface area contributed by atoms with Crippen LogP contribution in [-0.2, 0) is 0 Å². The van der Waals surface area contributed by atoms with E-state index in [0.717, 1.165) is 59.0 Å². The van der Waals surface area contributed by atoms with Gasteiger partial charge >= 0.3 is 0 Å². The number of aromatic amines is 1. The van der Waals surface area contributed by atoms with Gasteiger partial charge in [0.15, 0.2) is 10.9 Å². The van der Waals surface area contributed by atoms with Crippen LogP contribution in [0.2, 0.25) is 0 Å². The summed E-state index contributed by atoms with van der Waals surface area (Å²) in [5.74, 6) is 1.20. The lowest BCUT2D eigenvalue weighted by Crippen LogP contribution is -2.67. The van der Waals surface area contributed by atoms with Gasteiger partial charge in [-0.25, -0.2) is 4.98 Å². The van der Waals surface area contributed by atoms with E-state index in [1.807, 2.05) is 12.1 Å². The molecule has 2 bridgehead atoms. The molecule has 8 rings (SSSR count). The van der Waals surface area contributed by atoms with Crippen molar-refractivity contribution >= 4 is 28.9 Å². The number of thiophene rings is 1. The van der Waals surface area contributed by atoms with E-state index in [9.17, 15) is 15.0 Å². The van der Waals surface area contributed by atoms with Crippen molar-refractivity contribution in [3.8, 4) is 0 Å². The van der Waals surface area contributed by atoms with Crippen molar-refractivity contribution in [2.24, 2.45) is 33.5 Å². The second kappa shape index (κ2) is 8.15. The highest BCUT2D eigenvalue weighted by Crippen LogP contribution is 2.78. The molecule has 3 N–H and O–H groups in total. The van der Waals surface area contributed by atoms with Gasteiger partial charge in [0, 0.05) is 32.4 Å². The average Bonchev–Trinajstić information content (AvgIpc) is 3.62. The van der Waals surface area contributed by atoms with Crippen LogP contribution < -0.4 is 0 Å². The maximum absolute atomic E-state index is 14.4. The monoisotopic (exact) mass is 551 g/mol. The van der Waals surface area contributed by atoms with Crippen molar-refractivity contribution in [2.45, 2.75) is 82.6 Å². The van der Waals surface area contributed by atoms with Crippen molar-refractivity contribution in [3.05, 3.63) is 52.0 Å². The van der Waals surface area contributed by atoms with Crippen LogP contribution in [0, 0.1) is 40.4 Å². The van der Waals surface area contributed by atoms with Crippen LogP contribution in [0.5, 0.6) is 0 Å². The van der Waals surface area contributed by atoms with Crippen molar-refractivity contribution in [1.29, 1.82) is 0 Å². The average molecular weight is 552 g/mol. The van der Waals surface area contributed by atoms with Crippen LogP contribution in [0.1, 0.15) is 73.3 Å². The molecule has 0 aliphatic heterocycles. The van der Waals surface area contributed by atoms with Gasteiger partial charge in [0.05, 0.1) is 16.6 Å². The van der Waals surface area contributed by atoms with E-state index < -0.39 is 11.0 Å². The third kappa shape index (κ3) is 3.06. The molecule has 0 saturated heterocycles. The molecule has 1 unspecified atom stereocenters. The first-order chi connectivity index (χ1) is 18.1. The van der Waals surface area contributed by atoms with E-state index in [0.29, 0.717) is 18.1 Å². The summed E-state index contributed by atoms with van der Waals surface area (Å²) in [6, 6.07) is 4.02. The number of nitrogens with one attached hydrogen (secondary N) is 1. The lowest BCUT2D eigenvalue weighted by Gasteiger charge is -2.71. The minimum atomic E-state index is -0.855. The zero-order valence-corrected chi connectivity index (χ0v) is 24.0. The summed E-state index contributed by atoms with van der Waals surface area (Å²) in [4.78, 5) is 20.6. The smallest absolute Gasteiger partial charge is 0.199 e. The number of nitrogens with zero attached hydrogens (tertiary/aromatic N) is 2. The Bertz CT molecular complexity index is 1350. The molecular weight excluding hydrogens is 514 g/mol. The number of thioether (sulfide) groups is 1. The second-order valence-electron chi connectivity index (χ2n) is 13.1. The fraction of sp³-hybridized carbons (Fsp3) is 0.633. The lowest BCUT2D eigenvalue weighted by molar-refractivity contribution is -0.166. The van der Waals surface area contributed by atoms with Crippen molar-refractivity contribution in [3.63, 3.8) is 0 Å². The Balaban J connectivity index is 1.36. The Kier molecular flexibility index (Phi) is 5.41. The Morgan fingerprint density at radius 2 is 1.89 bits per heavy atom. The first kappa shape index (κ1) is 25.2. The molecule has 2 spiro atoms. The Labute approximate surface area is 232 Å². The number of allylic oxidation sites excluding steroid dienone is 4. The number of aliphatic hydroxyl groups is 2. The van der Waals surface area contributed by atoms with Gasteiger partial charge in [-0.1, -0.05) is 43.8 Å². The van der Waals surface area contributed by atoms with Crippen LogP contribution in [-0.4, -0.2) is 48.6 Å². The molecule has 0 radical (unpaired) electrons. The lowest BCUT2D eigenvalue weighted by atomic mass is 9.33. The minimum Gasteiger partial charge on any atom is -0.393 e. The number of Topliss-reactive ketones (excluding diaryl/α,β-unsaturated/α-hetero) is 1. The molecule has 38 heavy (non-hydrogen) atoms. The molecule has 2 heterocycles. The van der Waals surface area contributed by atoms with E-state index in [1.54, 1.807) is 23.1 Å². The van der Waals surface area contributed by atoms with Gasteiger partial charge in [-0.3, -0.25) is 9.89 Å². The first-order valence-electron chi connectivity index (χ1n) is 14.0. The normalized spacial score (nSPS) is 44.9. The molecule has 3 fully saturated rings. The molecule has 6 aliphatic rings. The Hall–Kier alpha value is -1.74. The van der Waals surface area contributed by atoms with Crippen molar-refractivity contribution < 1.29 is 15.0 Å². The molecule has 0 aromatic carbocycles. The van der Waals surface area contributed by atoms with Gasteiger partial charge in [0.1, 0.15) is 6.33 Å². The highest BCUT2D eigenvalue weighted by molar-refractivity contribution is 7.99. The standard InChI is InChI=1S/C30H37N3O3S2/c1-18-4-5-21(38-18)24(35)20-15-28-12-13-30(20)22(26(28,2)9-6-19(34)14-28)7-10-27(3)23(30)8-11-29(27,36)16-37-25-31-17-32-33-25/h4-5,12-13,15,17,19,22-23,34,36H,6-11,14,16H2,1-3H3,(H,31,32,33)/t19?,22-,23-,26-,27+,28+,29-,30-/m1/s1. The molecule has 2 aromatic rings. The summed E-state index contributed by atoms with van der Waals surface area (Å²) in [7, 11) is 0. The zero-order chi connectivity index (χ0) is 26.6. The maximum Gasteiger partial charge on any atom is 0.199 e. The first-order valence-corrected chi connectivity index (χ1v) is 15.8. The summed E-state index contributed by atoms with van der Waals surface area (Å²) >= 11 is 3.12. The fourth-order valence-corrected chi connectivity index (χ4v) is 11.6. The third-order valence-electron chi connectivity index (χ3n) is 11.8. The number of ketones is 1. The number of hydrogen-bond acceptors (Lipinski definition) is 7. The fourth-order valence-electron chi connectivity index (χ4n) is 9.72. The predicted octanol–water partition coefficient (Wildman–Crippen LogP) is 5.74. The number of H-pyrrole nitrogens is 1. The van der Waals surface area contributed by atoms with E-state index >= 15 is 0 Å². The van der Waals surface area contributed by atoms with Crippen LogP contribution in [0.3, 0.4) is 0 Å². The minimum absolute atomic E-state index is 0.00719. The van der Waals surface area contributed by atoms with Crippen molar-refractivity contribution in [1.82, 2.24) is 15.2 Å². The summed E-state index contributed by atoms with van der Waals surface area (Å²) in [6.07, 6.45) is 14.2. The van der Waals surface area contributed by atoms with E-state index in [-0.39, 0.29) is 34.1 Å². The van der Waals surface area contributed by atoms with Gasteiger partial charge in [-0.05, 0) is 81.3 Å². The van der Waals surface area contributed by atoms with E-state index in [1.165, 1.54) is 6.33 Å². The topological polar surface area (TPSA) is 99.1 Å². The quantitative estimate of drug-likeness (QED) is 0.249. The summed E-state index contributed by atoms with van der Waals surface area (Å²) in [6.45, 7) is 6.77. The number of aromatic nitrogens is 3. The number of carbonyl (C=O) groups is 1. The number of aryl methyl sites for hydroxylation is 1. The predicted molar refractivity (Wildman–Crippen MR) is 149 cm³/mol. The van der Waals surface area contributed by atoms with Crippen LogP contribution in [0.4, 0.5) is 0 Å². The molecule has 8 atom stereocenters. The van der Waals surface area contributed by atoms with Gasteiger partial charge in [0.25, 0.3) is 0 Å². The largest absolute Gasteiger partial charge is 0.393 e. The van der Waals surface area contributed by atoms with Gasteiger partial charge in [-0.2, -0.15) is 5.10 Å². The van der Waals surface area contributed by atoms with Crippen LogP contribution in [0.15, 0.2) is 47.4 Å². The molecular formula is C30H37N3O3S2. The van der Waals surface area contributed by atoms with E-state index in [4.69, 9.17) is 0 Å². The molecule has 6 aliphatic carbocycles. The van der Waals surface area contributed by atoms with Crippen LogP contribution in [0.25, 0.3) is 0 Å². The molecule has 2 aromatic heterocycles. The summed E-state index contributed by atoms with van der Waals surface area (Å²) in [5, 5.41) is 30.7. The van der Waals surface area contributed by atoms with Crippen LogP contribution >= 0.6 is 23.1 Å².